The van der Waals surface area contributed by atoms with Gasteiger partial charge in [0.2, 0.25) is 0 Å². The van der Waals surface area contributed by atoms with E-state index in [4.69, 9.17) is 18.6 Å². The lowest BCUT2D eigenvalue weighted by Gasteiger charge is -2.43. The van der Waals surface area contributed by atoms with Gasteiger partial charge in [0.25, 0.3) is 0 Å². The van der Waals surface area contributed by atoms with Crippen LogP contribution < -0.4 is 10.9 Å². The average molecular weight is 386 g/mol. The van der Waals surface area contributed by atoms with E-state index in [1.54, 1.807) is 12.1 Å². The molecule has 0 bridgehead atoms. The first-order valence-electron chi connectivity index (χ1n) is 9.32. The van der Waals surface area contributed by atoms with Crippen LogP contribution in [0, 0.1) is 11.6 Å². The second-order valence-corrected chi connectivity index (χ2v) is 8.23. The Kier molecular flexibility index (Phi) is 4.86. The fourth-order valence-electron chi connectivity index (χ4n) is 3.38. The number of halogens is 2. The van der Waals surface area contributed by atoms with Crippen molar-refractivity contribution in [1.82, 2.24) is 0 Å². The highest BCUT2D eigenvalue weighted by atomic mass is 19.1. The monoisotopic (exact) mass is 386 g/mol. The number of hydrogen-bond acceptors (Lipinski definition) is 4. The van der Waals surface area contributed by atoms with Gasteiger partial charge in [-0.3, -0.25) is 0 Å². The molecule has 4 rings (SSSR count). The van der Waals surface area contributed by atoms with Crippen molar-refractivity contribution in [1.29, 1.82) is 0 Å². The Hall–Kier alpha value is -1.73. The first-order valence-corrected chi connectivity index (χ1v) is 9.32. The first kappa shape index (κ1) is 19.6. The molecule has 2 aromatic rings. The van der Waals surface area contributed by atoms with Crippen molar-refractivity contribution in [2.45, 2.75) is 52.1 Å². The minimum absolute atomic E-state index is 0.292. The van der Waals surface area contributed by atoms with Crippen molar-refractivity contribution >= 4 is 25.2 Å². The van der Waals surface area contributed by atoms with Crippen LogP contribution in [-0.2, 0) is 31.8 Å². The van der Waals surface area contributed by atoms with Gasteiger partial charge < -0.3 is 18.6 Å². The summed E-state index contributed by atoms with van der Waals surface area (Å²) in [6.45, 7) is 8.27. The predicted molar refractivity (Wildman–Crippen MR) is 103 cm³/mol. The molecule has 28 heavy (non-hydrogen) atoms. The molecule has 0 saturated heterocycles. The van der Waals surface area contributed by atoms with Gasteiger partial charge in [0.15, 0.2) is 0 Å². The van der Waals surface area contributed by atoms with Crippen molar-refractivity contribution in [3.63, 3.8) is 0 Å². The molecule has 146 valence electrons. The summed E-state index contributed by atoms with van der Waals surface area (Å²) in [7, 11) is -1.20. The standard InChI is InChI=1S/C20H22B2F2O4/c1-19(2,27-21-17-7-5-15(23)9-13(17)11-25-21)20(3,4)28-22-18-8-6-16(24)10-14(18)12-26-22/h5-10H,11-12H2,1-4H3. The van der Waals surface area contributed by atoms with Crippen LogP contribution in [0.4, 0.5) is 8.78 Å². The summed E-state index contributed by atoms with van der Waals surface area (Å²) >= 11 is 0. The lowest BCUT2D eigenvalue weighted by atomic mass is 9.74. The highest BCUT2D eigenvalue weighted by Crippen LogP contribution is 2.32. The zero-order valence-electron chi connectivity index (χ0n) is 16.4. The van der Waals surface area contributed by atoms with Crippen molar-refractivity contribution in [3.8, 4) is 0 Å². The number of hydrogen-bond donors (Lipinski definition) is 0. The van der Waals surface area contributed by atoms with Gasteiger partial charge in [-0.25, -0.2) is 8.78 Å². The summed E-state index contributed by atoms with van der Waals surface area (Å²) in [5.41, 5.74) is 1.69. The average Bonchev–Trinajstić information content (AvgIpc) is 3.18. The maximum atomic E-state index is 13.4. The molecule has 2 aliphatic rings. The fourth-order valence-corrected chi connectivity index (χ4v) is 3.38. The zero-order chi connectivity index (χ0) is 20.1. The van der Waals surface area contributed by atoms with E-state index < -0.39 is 25.4 Å². The van der Waals surface area contributed by atoms with Gasteiger partial charge in [-0.1, -0.05) is 12.1 Å². The van der Waals surface area contributed by atoms with Crippen LogP contribution in [0.1, 0.15) is 38.8 Å². The zero-order valence-corrected chi connectivity index (χ0v) is 16.4. The van der Waals surface area contributed by atoms with Crippen LogP contribution in [0.25, 0.3) is 0 Å². The first-order chi connectivity index (χ1) is 13.2. The highest BCUT2D eigenvalue weighted by Gasteiger charge is 2.48. The summed E-state index contributed by atoms with van der Waals surface area (Å²) in [4.78, 5) is 0. The van der Waals surface area contributed by atoms with Crippen LogP contribution in [0.3, 0.4) is 0 Å². The van der Waals surface area contributed by atoms with Gasteiger partial charge >= 0.3 is 14.2 Å². The van der Waals surface area contributed by atoms with Crippen LogP contribution in [-0.4, -0.2) is 25.4 Å². The van der Waals surface area contributed by atoms with Crippen LogP contribution in [0.2, 0.25) is 0 Å². The van der Waals surface area contributed by atoms with Crippen molar-refractivity contribution in [2.24, 2.45) is 0 Å². The van der Waals surface area contributed by atoms with Crippen molar-refractivity contribution in [3.05, 3.63) is 59.2 Å². The van der Waals surface area contributed by atoms with Crippen molar-refractivity contribution < 1.29 is 27.4 Å². The molecule has 8 heteroatoms. The summed E-state index contributed by atoms with van der Waals surface area (Å²) in [5, 5.41) is 0. The van der Waals surface area contributed by atoms with E-state index in [-0.39, 0.29) is 11.6 Å². The predicted octanol–water partition coefficient (Wildman–Crippen LogP) is 2.71. The highest BCUT2D eigenvalue weighted by molar-refractivity contribution is 6.63. The van der Waals surface area contributed by atoms with E-state index in [0.717, 1.165) is 22.1 Å². The van der Waals surface area contributed by atoms with Gasteiger partial charge in [-0.05, 0) is 74.0 Å². The molecule has 0 unspecified atom stereocenters. The smallest absolute Gasteiger partial charge is 0.403 e. The second kappa shape index (κ2) is 6.95. The van der Waals surface area contributed by atoms with Gasteiger partial charge in [-0.2, -0.15) is 0 Å². The van der Waals surface area contributed by atoms with E-state index in [2.05, 4.69) is 0 Å². The van der Waals surface area contributed by atoms with Crippen LogP contribution >= 0.6 is 0 Å². The van der Waals surface area contributed by atoms with E-state index >= 15 is 0 Å². The van der Waals surface area contributed by atoms with E-state index in [1.165, 1.54) is 24.3 Å². The third kappa shape index (κ3) is 3.50. The number of benzene rings is 2. The molecule has 0 fully saturated rings. The minimum atomic E-state index is -0.764. The maximum Gasteiger partial charge on any atom is 0.494 e. The molecule has 2 aromatic carbocycles. The Morgan fingerprint density at radius 2 is 1.14 bits per heavy atom. The fraction of sp³-hybridized carbons (Fsp3) is 0.400. The second-order valence-electron chi connectivity index (χ2n) is 8.23. The molecule has 2 aliphatic heterocycles. The Labute approximate surface area is 164 Å². The molecule has 0 saturated carbocycles. The van der Waals surface area contributed by atoms with Gasteiger partial charge in [0, 0.05) is 0 Å². The lowest BCUT2D eigenvalue weighted by molar-refractivity contribution is -0.0935. The summed E-state index contributed by atoms with van der Waals surface area (Å²) in [6.07, 6.45) is 0. The largest absolute Gasteiger partial charge is 0.494 e. The van der Waals surface area contributed by atoms with E-state index in [1.807, 2.05) is 27.7 Å². The quantitative estimate of drug-likeness (QED) is 0.741. The summed E-state index contributed by atoms with van der Waals surface area (Å²) < 4.78 is 50.9. The maximum absolute atomic E-state index is 13.4. The molecular weight excluding hydrogens is 364 g/mol. The van der Waals surface area contributed by atoms with Gasteiger partial charge in [-0.15, -0.1) is 0 Å². The molecule has 0 amide bonds. The van der Waals surface area contributed by atoms with Gasteiger partial charge in [0.1, 0.15) is 11.6 Å². The van der Waals surface area contributed by atoms with Gasteiger partial charge in [0.05, 0.1) is 24.4 Å². The molecule has 0 radical (unpaired) electrons. The summed E-state index contributed by atoms with van der Waals surface area (Å²) in [6, 6.07) is 9.13. The SMILES string of the molecule is CC(C)(OB1OCc2cc(F)ccc21)C(C)(C)OB1OCc2cc(F)ccc21. The topological polar surface area (TPSA) is 36.9 Å². The molecule has 0 atom stereocenters. The molecule has 2 heterocycles. The number of rotatable bonds is 5. The minimum Gasteiger partial charge on any atom is -0.403 e. The van der Waals surface area contributed by atoms with Crippen LogP contribution in [0.15, 0.2) is 36.4 Å². The normalized spacial score (nSPS) is 16.5. The Bertz CT molecular complexity index is 830. The molecule has 0 aliphatic carbocycles. The third-order valence-corrected chi connectivity index (χ3v) is 5.75. The molecular formula is C20H22B2F2O4. The Morgan fingerprint density at radius 3 is 1.54 bits per heavy atom. The lowest BCUT2D eigenvalue weighted by Crippen LogP contribution is -2.57. The molecule has 0 spiro atoms. The summed E-state index contributed by atoms with van der Waals surface area (Å²) in [5.74, 6) is -0.584. The molecule has 0 aromatic heterocycles. The third-order valence-electron chi connectivity index (χ3n) is 5.75. The Balaban J connectivity index is 1.50. The number of fused-ring (bicyclic) bond motifs is 2. The molecule has 0 N–H and O–H groups in total. The molecule has 4 nitrogen and oxygen atoms in total. The van der Waals surface area contributed by atoms with E-state index in [0.29, 0.717) is 13.2 Å². The van der Waals surface area contributed by atoms with Crippen LogP contribution in [0.5, 0.6) is 0 Å². The van der Waals surface area contributed by atoms with Crippen molar-refractivity contribution in [2.75, 3.05) is 0 Å². The Morgan fingerprint density at radius 1 is 0.750 bits per heavy atom. The van der Waals surface area contributed by atoms with E-state index in [9.17, 15) is 8.78 Å².